The second kappa shape index (κ2) is 10.3. The van der Waals surface area contributed by atoms with Gasteiger partial charge in [-0.15, -0.1) is 0 Å². The number of nitrogens with one attached hydrogen (secondary N) is 1. The van der Waals surface area contributed by atoms with Crippen molar-refractivity contribution >= 4 is 44.9 Å². The highest BCUT2D eigenvalue weighted by molar-refractivity contribution is 7.92. The first-order valence-corrected chi connectivity index (χ1v) is 11.4. The van der Waals surface area contributed by atoms with E-state index in [0.29, 0.717) is 23.7 Å². The zero-order valence-electron chi connectivity index (χ0n) is 16.8. The molecular formula is C20H23ClN2O6S. The van der Waals surface area contributed by atoms with Gasteiger partial charge in [-0.2, -0.15) is 0 Å². The van der Waals surface area contributed by atoms with Gasteiger partial charge in [0.05, 0.1) is 35.7 Å². The van der Waals surface area contributed by atoms with Crippen molar-refractivity contribution < 1.29 is 27.5 Å². The number of carbonyl (C=O) groups is 2. The number of anilines is 2. The van der Waals surface area contributed by atoms with Crippen molar-refractivity contribution in [3.05, 3.63) is 53.1 Å². The van der Waals surface area contributed by atoms with Crippen molar-refractivity contribution in [2.75, 3.05) is 35.6 Å². The third kappa shape index (κ3) is 6.36. The lowest BCUT2D eigenvalue weighted by Crippen LogP contribution is -2.37. The van der Waals surface area contributed by atoms with E-state index in [1.165, 1.54) is 18.2 Å². The number of hydrogen-bond acceptors (Lipinski definition) is 6. The van der Waals surface area contributed by atoms with Gasteiger partial charge in [0.25, 0.3) is 0 Å². The van der Waals surface area contributed by atoms with E-state index in [1.807, 2.05) is 6.92 Å². The van der Waals surface area contributed by atoms with Gasteiger partial charge in [-0.05, 0) is 56.3 Å². The summed E-state index contributed by atoms with van der Waals surface area (Å²) in [6.45, 7) is 3.77. The van der Waals surface area contributed by atoms with Crippen LogP contribution in [0.2, 0.25) is 5.02 Å². The number of sulfonamides is 1. The van der Waals surface area contributed by atoms with Crippen LogP contribution in [0.15, 0.2) is 42.5 Å². The first kappa shape index (κ1) is 23.5. The standard InChI is InChI=1S/C20H23ClN2O6S/c1-4-28-16-9-7-15(8-10-16)23(30(3,26)27)13-19(24)22-14-6-11-17(18(21)12-14)20(25)29-5-2/h6-12H,4-5,13H2,1-3H3,(H,22,24). The van der Waals surface area contributed by atoms with Gasteiger partial charge in [0, 0.05) is 5.69 Å². The van der Waals surface area contributed by atoms with Gasteiger partial charge in [0.1, 0.15) is 12.3 Å². The zero-order chi connectivity index (χ0) is 22.3. The summed E-state index contributed by atoms with van der Waals surface area (Å²) in [7, 11) is -3.72. The first-order valence-electron chi connectivity index (χ1n) is 9.12. The third-order valence-electron chi connectivity index (χ3n) is 3.87. The Morgan fingerprint density at radius 3 is 2.27 bits per heavy atom. The Morgan fingerprint density at radius 1 is 1.07 bits per heavy atom. The second-order valence-electron chi connectivity index (χ2n) is 6.16. The maximum Gasteiger partial charge on any atom is 0.339 e. The van der Waals surface area contributed by atoms with Crippen molar-refractivity contribution in [3.8, 4) is 5.75 Å². The lowest BCUT2D eigenvalue weighted by Gasteiger charge is -2.22. The van der Waals surface area contributed by atoms with E-state index in [4.69, 9.17) is 21.1 Å². The van der Waals surface area contributed by atoms with Crippen LogP contribution in [0.3, 0.4) is 0 Å². The van der Waals surface area contributed by atoms with Crippen molar-refractivity contribution in [1.82, 2.24) is 0 Å². The van der Waals surface area contributed by atoms with Crippen molar-refractivity contribution in [2.45, 2.75) is 13.8 Å². The van der Waals surface area contributed by atoms with E-state index in [0.717, 1.165) is 10.6 Å². The van der Waals surface area contributed by atoms with Gasteiger partial charge in [0.2, 0.25) is 15.9 Å². The van der Waals surface area contributed by atoms with Crippen LogP contribution in [0.1, 0.15) is 24.2 Å². The highest BCUT2D eigenvalue weighted by Crippen LogP contribution is 2.24. The Bertz CT molecular complexity index is 1010. The molecule has 2 aromatic carbocycles. The smallest absolute Gasteiger partial charge is 0.339 e. The molecule has 0 aliphatic heterocycles. The minimum atomic E-state index is -3.72. The predicted molar refractivity (Wildman–Crippen MR) is 116 cm³/mol. The number of esters is 1. The predicted octanol–water partition coefficient (Wildman–Crippen LogP) is 3.32. The molecule has 162 valence electrons. The Kier molecular flexibility index (Phi) is 8.08. The molecule has 0 aliphatic rings. The fraction of sp³-hybridized carbons (Fsp3) is 0.300. The van der Waals surface area contributed by atoms with Crippen LogP contribution in [-0.4, -0.2) is 46.3 Å². The SMILES string of the molecule is CCOC(=O)c1ccc(NC(=O)CN(c2ccc(OCC)cc2)S(C)(=O)=O)cc1Cl. The number of halogens is 1. The Balaban J connectivity index is 2.15. The largest absolute Gasteiger partial charge is 0.494 e. The molecule has 2 aromatic rings. The summed E-state index contributed by atoms with van der Waals surface area (Å²) in [6, 6.07) is 10.7. The average Bonchev–Trinajstić information content (AvgIpc) is 2.66. The Labute approximate surface area is 180 Å². The summed E-state index contributed by atoms with van der Waals surface area (Å²) in [5, 5.41) is 2.69. The van der Waals surface area contributed by atoms with Gasteiger partial charge < -0.3 is 14.8 Å². The molecule has 0 radical (unpaired) electrons. The molecule has 10 heteroatoms. The molecule has 0 saturated heterocycles. The molecule has 1 amide bonds. The summed E-state index contributed by atoms with van der Waals surface area (Å²) in [6.07, 6.45) is 1.02. The molecule has 0 atom stereocenters. The Hall–Kier alpha value is -2.78. The fourth-order valence-corrected chi connectivity index (χ4v) is 3.69. The molecule has 2 rings (SSSR count). The number of ether oxygens (including phenoxy) is 2. The van der Waals surface area contributed by atoms with E-state index < -0.39 is 28.4 Å². The van der Waals surface area contributed by atoms with Crippen LogP contribution in [0.25, 0.3) is 0 Å². The second-order valence-corrected chi connectivity index (χ2v) is 8.47. The number of carbonyl (C=O) groups excluding carboxylic acids is 2. The van der Waals surface area contributed by atoms with Crippen LogP contribution < -0.4 is 14.4 Å². The fourth-order valence-electron chi connectivity index (χ4n) is 2.57. The molecule has 0 heterocycles. The van der Waals surface area contributed by atoms with Gasteiger partial charge in [-0.1, -0.05) is 11.6 Å². The molecule has 30 heavy (non-hydrogen) atoms. The zero-order valence-corrected chi connectivity index (χ0v) is 18.4. The first-order chi connectivity index (χ1) is 14.2. The monoisotopic (exact) mass is 454 g/mol. The van der Waals surface area contributed by atoms with Crippen molar-refractivity contribution in [1.29, 1.82) is 0 Å². The maximum atomic E-state index is 12.5. The minimum Gasteiger partial charge on any atom is -0.494 e. The molecule has 0 bridgehead atoms. The van der Waals surface area contributed by atoms with E-state index in [9.17, 15) is 18.0 Å². The lowest BCUT2D eigenvalue weighted by atomic mass is 10.2. The van der Waals surface area contributed by atoms with Crippen LogP contribution >= 0.6 is 11.6 Å². The van der Waals surface area contributed by atoms with Crippen LogP contribution in [-0.2, 0) is 19.6 Å². The molecule has 0 spiro atoms. The number of benzene rings is 2. The summed E-state index contributed by atoms with van der Waals surface area (Å²) in [4.78, 5) is 24.3. The molecule has 0 saturated carbocycles. The summed E-state index contributed by atoms with van der Waals surface area (Å²) in [5.74, 6) is -0.552. The van der Waals surface area contributed by atoms with E-state index >= 15 is 0 Å². The van der Waals surface area contributed by atoms with Crippen LogP contribution in [0, 0.1) is 0 Å². The van der Waals surface area contributed by atoms with E-state index in [2.05, 4.69) is 5.32 Å². The number of amides is 1. The van der Waals surface area contributed by atoms with Crippen LogP contribution in [0.5, 0.6) is 5.75 Å². The van der Waals surface area contributed by atoms with Gasteiger partial charge in [0.15, 0.2) is 0 Å². The van der Waals surface area contributed by atoms with E-state index in [-0.39, 0.29) is 17.2 Å². The number of rotatable bonds is 9. The topological polar surface area (TPSA) is 102 Å². The average molecular weight is 455 g/mol. The third-order valence-corrected chi connectivity index (χ3v) is 5.32. The molecule has 0 aromatic heterocycles. The molecule has 1 N–H and O–H groups in total. The summed E-state index contributed by atoms with van der Waals surface area (Å²) < 4.78 is 35.6. The van der Waals surface area contributed by atoms with E-state index in [1.54, 1.807) is 31.2 Å². The van der Waals surface area contributed by atoms with Crippen molar-refractivity contribution in [2.24, 2.45) is 0 Å². The van der Waals surface area contributed by atoms with Gasteiger partial charge >= 0.3 is 5.97 Å². The Morgan fingerprint density at radius 2 is 1.73 bits per heavy atom. The highest BCUT2D eigenvalue weighted by Gasteiger charge is 2.21. The quantitative estimate of drug-likeness (QED) is 0.583. The molecule has 0 unspecified atom stereocenters. The summed E-state index contributed by atoms with van der Waals surface area (Å²) in [5.41, 5.74) is 0.814. The van der Waals surface area contributed by atoms with Gasteiger partial charge in [-0.3, -0.25) is 9.10 Å². The molecular weight excluding hydrogens is 432 g/mol. The molecule has 0 aliphatic carbocycles. The maximum absolute atomic E-state index is 12.5. The lowest BCUT2D eigenvalue weighted by molar-refractivity contribution is -0.114. The minimum absolute atomic E-state index is 0.109. The van der Waals surface area contributed by atoms with Crippen molar-refractivity contribution in [3.63, 3.8) is 0 Å². The normalized spacial score (nSPS) is 10.9. The number of hydrogen-bond donors (Lipinski definition) is 1. The molecule has 0 fully saturated rings. The van der Waals surface area contributed by atoms with Crippen LogP contribution in [0.4, 0.5) is 11.4 Å². The highest BCUT2D eigenvalue weighted by atomic mass is 35.5. The number of nitrogens with zero attached hydrogens (tertiary/aromatic N) is 1. The van der Waals surface area contributed by atoms with Gasteiger partial charge in [-0.25, -0.2) is 13.2 Å². The summed E-state index contributed by atoms with van der Waals surface area (Å²) >= 11 is 6.09. The molecule has 8 nitrogen and oxygen atoms in total.